The highest BCUT2D eigenvalue weighted by atomic mass is 35.5. The molecular formula is C15H17Cl2N3O2. The van der Waals surface area contributed by atoms with Crippen molar-refractivity contribution in [3.8, 4) is 5.69 Å². The Kier molecular flexibility index (Phi) is 4.98. The van der Waals surface area contributed by atoms with Crippen LogP contribution in [0.1, 0.15) is 30.6 Å². The van der Waals surface area contributed by atoms with Crippen LogP contribution in [0, 0.1) is 0 Å². The summed E-state index contributed by atoms with van der Waals surface area (Å²) in [6.45, 7) is 1.32. The molecule has 1 aliphatic heterocycles. The molecule has 22 heavy (non-hydrogen) atoms. The topological polar surface area (TPSA) is 49.2 Å². The molecule has 118 valence electrons. The zero-order valence-electron chi connectivity index (χ0n) is 12.3. The summed E-state index contributed by atoms with van der Waals surface area (Å²) >= 11 is 12.3. The lowest BCUT2D eigenvalue weighted by molar-refractivity contribution is 0.103. The number of aromatic nitrogens is 3. The maximum Gasteiger partial charge on any atom is 0.161 e. The zero-order chi connectivity index (χ0) is 15.5. The van der Waals surface area contributed by atoms with Gasteiger partial charge in [-0.05, 0) is 31.0 Å². The molecule has 1 atom stereocenters. The van der Waals surface area contributed by atoms with Gasteiger partial charge in [0.15, 0.2) is 11.6 Å². The van der Waals surface area contributed by atoms with Gasteiger partial charge in [0, 0.05) is 25.2 Å². The van der Waals surface area contributed by atoms with Crippen molar-refractivity contribution in [2.75, 3.05) is 20.3 Å². The monoisotopic (exact) mass is 341 g/mol. The molecule has 2 aromatic rings. The van der Waals surface area contributed by atoms with Crippen LogP contribution in [0.3, 0.4) is 0 Å². The molecule has 1 fully saturated rings. The first kappa shape index (κ1) is 15.7. The highest BCUT2D eigenvalue weighted by Gasteiger charge is 2.26. The van der Waals surface area contributed by atoms with Crippen molar-refractivity contribution >= 4 is 23.2 Å². The van der Waals surface area contributed by atoms with E-state index < -0.39 is 0 Å². The summed E-state index contributed by atoms with van der Waals surface area (Å²) in [5, 5.41) is 5.70. The molecule has 0 aliphatic carbocycles. The van der Waals surface area contributed by atoms with Crippen LogP contribution in [0.2, 0.25) is 10.0 Å². The standard InChI is InChI=1S/C15H17Cl2N3O2/c1-21-8-6-14-18-15(13-3-2-7-22-13)20(19-14)12-5-4-10(16)9-11(12)17/h4-5,9,13H,2-3,6-8H2,1H3/t13-/m0/s1. The fraction of sp³-hybridized carbons (Fsp3) is 0.467. The Balaban J connectivity index is 2.01. The third kappa shape index (κ3) is 3.27. The van der Waals surface area contributed by atoms with Gasteiger partial charge in [-0.2, -0.15) is 5.10 Å². The Labute approximate surface area is 139 Å². The number of methoxy groups -OCH3 is 1. The minimum atomic E-state index is -0.0458. The van der Waals surface area contributed by atoms with Crippen molar-refractivity contribution in [3.05, 3.63) is 39.9 Å². The number of benzene rings is 1. The molecule has 3 rings (SSSR count). The fourth-order valence-electron chi connectivity index (χ4n) is 2.49. The minimum absolute atomic E-state index is 0.0458. The number of nitrogens with zero attached hydrogens (tertiary/aromatic N) is 3. The van der Waals surface area contributed by atoms with E-state index in [1.807, 2.05) is 6.07 Å². The second-order valence-corrected chi connectivity index (χ2v) is 5.98. The summed E-state index contributed by atoms with van der Waals surface area (Å²) in [5.41, 5.74) is 0.757. The molecule has 2 heterocycles. The van der Waals surface area contributed by atoms with Crippen LogP contribution in [0.5, 0.6) is 0 Å². The van der Waals surface area contributed by atoms with Crippen LogP contribution < -0.4 is 0 Å². The molecule has 0 bridgehead atoms. The minimum Gasteiger partial charge on any atom is -0.384 e. The van der Waals surface area contributed by atoms with E-state index >= 15 is 0 Å². The lowest BCUT2D eigenvalue weighted by atomic mass is 10.2. The molecule has 0 unspecified atom stereocenters. The van der Waals surface area contributed by atoms with Crippen LogP contribution in [-0.2, 0) is 15.9 Å². The van der Waals surface area contributed by atoms with Gasteiger partial charge in [0.25, 0.3) is 0 Å². The average Bonchev–Trinajstić information content (AvgIpc) is 3.14. The predicted molar refractivity (Wildman–Crippen MR) is 84.9 cm³/mol. The second-order valence-electron chi connectivity index (χ2n) is 5.14. The van der Waals surface area contributed by atoms with Crippen LogP contribution >= 0.6 is 23.2 Å². The summed E-state index contributed by atoms with van der Waals surface area (Å²) in [6.07, 6.45) is 2.57. The van der Waals surface area contributed by atoms with E-state index in [0.29, 0.717) is 23.1 Å². The van der Waals surface area contributed by atoms with E-state index in [1.54, 1.807) is 23.9 Å². The van der Waals surface area contributed by atoms with Crippen LogP contribution in [-0.4, -0.2) is 35.1 Å². The maximum absolute atomic E-state index is 6.32. The number of halogens is 2. The van der Waals surface area contributed by atoms with E-state index in [2.05, 4.69) is 10.1 Å². The highest BCUT2D eigenvalue weighted by molar-refractivity contribution is 6.35. The molecule has 0 amide bonds. The number of rotatable bonds is 5. The van der Waals surface area contributed by atoms with Gasteiger partial charge < -0.3 is 9.47 Å². The third-order valence-corrected chi connectivity index (χ3v) is 4.10. The molecule has 0 saturated carbocycles. The quantitative estimate of drug-likeness (QED) is 0.833. The summed E-state index contributed by atoms with van der Waals surface area (Å²) in [7, 11) is 1.66. The highest BCUT2D eigenvalue weighted by Crippen LogP contribution is 2.31. The van der Waals surface area contributed by atoms with Crippen LogP contribution in [0.25, 0.3) is 5.69 Å². The van der Waals surface area contributed by atoms with Gasteiger partial charge in [0.1, 0.15) is 6.10 Å². The molecule has 1 aliphatic rings. The smallest absolute Gasteiger partial charge is 0.161 e. The molecule has 5 nitrogen and oxygen atoms in total. The van der Waals surface area contributed by atoms with Gasteiger partial charge in [0.2, 0.25) is 0 Å². The predicted octanol–water partition coefficient (Wildman–Crippen LogP) is 3.61. The average molecular weight is 342 g/mol. The molecule has 7 heteroatoms. The normalized spacial score (nSPS) is 18.0. The van der Waals surface area contributed by atoms with E-state index in [4.69, 9.17) is 32.7 Å². The SMILES string of the molecule is COCCc1nc([C@@H]2CCCO2)n(-c2ccc(Cl)cc2Cl)n1. The van der Waals surface area contributed by atoms with Gasteiger partial charge in [-0.1, -0.05) is 23.2 Å². The molecule has 1 aromatic heterocycles. The van der Waals surface area contributed by atoms with Crippen molar-refractivity contribution in [2.45, 2.75) is 25.4 Å². The van der Waals surface area contributed by atoms with E-state index in [9.17, 15) is 0 Å². The van der Waals surface area contributed by atoms with E-state index in [-0.39, 0.29) is 6.10 Å². The van der Waals surface area contributed by atoms with Gasteiger partial charge in [-0.15, -0.1) is 0 Å². The summed E-state index contributed by atoms with van der Waals surface area (Å²) < 4.78 is 12.6. The Hall–Kier alpha value is -1.14. The molecular weight excluding hydrogens is 325 g/mol. The van der Waals surface area contributed by atoms with Crippen molar-refractivity contribution in [1.82, 2.24) is 14.8 Å². The fourth-order valence-corrected chi connectivity index (χ4v) is 2.98. The first-order chi connectivity index (χ1) is 10.7. The third-order valence-electron chi connectivity index (χ3n) is 3.56. The van der Waals surface area contributed by atoms with E-state index in [0.717, 1.165) is 36.8 Å². The molecule has 1 saturated heterocycles. The van der Waals surface area contributed by atoms with Gasteiger partial charge in [-0.25, -0.2) is 9.67 Å². The summed E-state index contributed by atoms with van der Waals surface area (Å²) in [4.78, 5) is 4.62. The number of ether oxygens (including phenoxy) is 2. The summed E-state index contributed by atoms with van der Waals surface area (Å²) in [5.74, 6) is 1.51. The molecule has 1 aromatic carbocycles. The van der Waals surface area contributed by atoms with Crippen LogP contribution in [0.15, 0.2) is 18.2 Å². The Morgan fingerprint density at radius 2 is 2.27 bits per heavy atom. The molecule has 0 N–H and O–H groups in total. The second kappa shape index (κ2) is 6.96. The largest absolute Gasteiger partial charge is 0.384 e. The Morgan fingerprint density at radius 3 is 2.95 bits per heavy atom. The van der Waals surface area contributed by atoms with Crippen LogP contribution in [0.4, 0.5) is 0 Å². The van der Waals surface area contributed by atoms with E-state index in [1.165, 1.54) is 0 Å². The summed E-state index contributed by atoms with van der Waals surface area (Å²) in [6, 6.07) is 5.34. The zero-order valence-corrected chi connectivity index (χ0v) is 13.8. The van der Waals surface area contributed by atoms with Crippen molar-refractivity contribution in [2.24, 2.45) is 0 Å². The molecule has 0 spiro atoms. The maximum atomic E-state index is 6.32. The van der Waals surface area contributed by atoms with Crippen molar-refractivity contribution in [3.63, 3.8) is 0 Å². The number of hydrogen-bond acceptors (Lipinski definition) is 4. The van der Waals surface area contributed by atoms with Gasteiger partial charge in [0.05, 0.1) is 17.3 Å². The lowest BCUT2D eigenvalue weighted by Gasteiger charge is -2.12. The first-order valence-corrected chi connectivity index (χ1v) is 7.96. The van der Waals surface area contributed by atoms with Gasteiger partial charge >= 0.3 is 0 Å². The Morgan fingerprint density at radius 1 is 1.41 bits per heavy atom. The Bertz CT molecular complexity index is 654. The van der Waals surface area contributed by atoms with Crippen molar-refractivity contribution < 1.29 is 9.47 Å². The lowest BCUT2D eigenvalue weighted by Crippen LogP contribution is -2.08. The van der Waals surface area contributed by atoms with Gasteiger partial charge in [-0.3, -0.25) is 0 Å². The number of hydrogen-bond donors (Lipinski definition) is 0. The first-order valence-electron chi connectivity index (χ1n) is 7.21. The van der Waals surface area contributed by atoms with Crippen molar-refractivity contribution in [1.29, 1.82) is 0 Å². The molecule has 0 radical (unpaired) electrons.